The summed E-state index contributed by atoms with van der Waals surface area (Å²) in [6.45, 7) is 1.96. The summed E-state index contributed by atoms with van der Waals surface area (Å²) in [6, 6.07) is 11.7. The Kier molecular flexibility index (Phi) is 5.95. The van der Waals surface area contributed by atoms with E-state index in [1.54, 1.807) is 0 Å². The van der Waals surface area contributed by atoms with Gasteiger partial charge in [0.1, 0.15) is 21.2 Å². The van der Waals surface area contributed by atoms with Gasteiger partial charge in [-0.15, -0.1) is 0 Å². The number of benzene rings is 2. The minimum Gasteiger partial charge on any atom is -0.425 e. The summed E-state index contributed by atoms with van der Waals surface area (Å²) in [5.41, 5.74) is 0. The van der Waals surface area contributed by atoms with Crippen LogP contribution in [0.4, 0.5) is 0 Å². The van der Waals surface area contributed by atoms with Crippen LogP contribution >= 0.6 is 22.6 Å². The summed E-state index contributed by atoms with van der Waals surface area (Å²) in [7, 11) is -2.96. The molecule has 134 valence electrons. The number of esters is 1. The van der Waals surface area contributed by atoms with Gasteiger partial charge in [-0.05, 0) is 24.6 Å². The van der Waals surface area contributed by atoms with E-state index in [9.17, 15) is 13.2 Å². The monoisotopic (exact) mass is 491 g/mol. The average molecular weight is 491 g/mol. The molecule has 0 radical (unpaired) electrons. The first-order chi connectivity index (χ1) is 11.9. The Morgan fingerprint density at radius 1 is 1.16 bits per heavy atom. The van der Waals surface area contributed by atoms with E-state index in [0.29, 0.717) is 17.3 Å². The molecular formula is C18H20IO4S2+. The van der Waals surface area contributed by atoms with Gasteiger partial charge in [0.15, 0.2) is 14.7 Å². The Hall–Kier alpha value is -0.800. The van der Waals surface area contributed by atoms with Gasteiger partial charge in [0.25, 0.3) is 0 Å². The van der Waals surface area contributed by atoms with Gasteiger partial charge >= 0.3 is 5.97 Å². The van der Waals surface area contributed by atoms with Gasteiger partial charge in [-0.2, -0.15) is 0 Å². The van der Waals surface area contributed by atoms with Crippen molar-refractivity contribution in [1.82, 2.24) is 0 Å². The maximum absolute atomic E-state index is 12.2. The molecule has 0 N–H and O–H groups in total. The zero-order valence-electron chi connectivity index (χ0n) is 13.9. The van der Waals surface area contributed by atoms with Crippen LogP contribution in [-0.2, 0) is 25.5 Å². The summed E-state index contributed by atoms with van der Waals surface area (Å²) in [5.74, 6) is 2.22. The highest BCUT2D eigenvalue weighted by atomic mass is 127. The summed E-state index contributed by atoms with van der Waals surface area (Å²) >= 11 is 2.10. The summed E-state index contributed by atoms with van der Waals surface area (Å²) < 4.78 is 28.9. The highest BCUT2D eigenvalue weighted by Crippen LogP contribution is 2.34. The van der Waals surface area contributed by atoms with E-state index in [0.717, 1.165) is 17.2 Å². The fraction of sp³-hybridized carbons (Fsp3) is 0.389. The van der Waals surface area contributed by atoms with Crippen LogP contribution in [0.1, 0.15) is 13.3 Å². The van der Waals surface area contributed by atoms with E-state index in [-0.39, 0.29) is 32.3 Å². The van der Waals surface area contributed by atoms with Crippen LogP contribution in [0.15, 0.2) is 41.3 Å². The zero-order valence-corrected chi connectivity index (χ0v) is 17.7. The minimum absolute atomic E-state index is 0.0817. The normalized spacial score (nSPS) is 18.8. The number of carbonyl (C=O) groups is 1. The third-order valence-electron chi connectivity index (χ3n) is 4.26. The second kappa shape index (κ2) is 7.84. The number of hydrogen-bond donors (Lipinski definition) is 0. The van der Waals surface area contributed by atoms with Gasteiger partial charge in [-0.3, -0.25) is 4.79 Å². The number of rotatable bonds is 4. The van der Waals surface area contributed by atoms with Crippen molar-refractivity contribution in [2.45, 2.75) is 22.2 Å². The number of fused-ring (bicyclic) bond motifs is 1. The van der Waals surface area contributed by atoms with Gasteiger partial charge < -0.3 is 4.74 Å². The fourth-order valence-electron chi connectivity index (χ4n) is 2.80. The van der Waals surface area contributed by atoms with Gasteiger partial charge in [-0.1, -0.05) is 47.7 Å². The number of sulfone groups is 1. The topological polar surface area (TPSA) is 60.4 Å². The summed E-state index contributed by atoms with van der Waals surface area (Å²) in [6.07, 6.45) is 0.730. The minimum atomic E-state index is -2.88. The van der Waals surface area contributed by atoms with Crippen LogP contribution in [0.25, 0.3) is 10.8 Å². The molecule has 0 saturated carbocycles. The van der Waals surface area contributed by atoms with E-state index in [1.165, 1.54) is 4.90 Å². The SMILES string of the molecule is CCC(I)C(=O)Oc1ccc([S+]2CCS(=O)(=O)CC2)c2ccccc12. The highest BCUT2D eigenvalue weighted by molar-refractivity contribution is 14.1. The summed E-state index contributed by atoms with van der Waals surface area (Å²) in [5, 5.41) is 1.96. The van der Waals surface area contributed by atoms with Crippen molar-refractivity contribution in [1.29, 1.82) is 0 Å². The lowest BCUT2D eigenvalue weighted by atomic mass is 10.1. The number of alkyl halides is 1. The molecule has 2 aromatic rings. The molecule has 1 fully saturated rings. The molecule has 2 aromatic carbocycles. The van der Waals surface area contributed by atoms with Gasteiger partial charge in [-0.25, -0.2) is 8.42 Å². The van der Waals surface area contributed by atoms with Crippen LogP contribution in [0.5, 0.6) is 5.75 Å². The molecule has 4 nitrogen and oxygen atoms in total. The third kappa shape index (κ3) is 4.31. The quantitative estimate of drug-likeness (QED) is 0.217. The van der Waals surface area contributed by atoms with E-state index < -0.39 is 9.84 Å². The summed E-state index contributed by atoms with van der Waals surface area (Å²) in [4.78, 5) is 13.3. The van der Waals surface area contributed by atoms with E-state index >= 15 is 0 Å². The molecule has 7 heteroatoms. The maximum atomic E-state index is 12.2. The number of carbonyl (C=O) groups excluding carboxylic acids is 1. The van der Waals surface area contributed by atoms with Crippen LogP contribution in [-0.4, -0.2) is 41.3 Å². The predicted molar refractivity (Wildman–Crippen MR) is 112 cm³/mol. The number of hydrogen-bond acceptors (Lipinski definition) is 4. The molecule has 0 aliphatic carbocycles. The lowest BCUT2D eigenvalue weighted by molar-refractivity contribution is -0.133. The molecule has 1 heterocycles. The van der Waals surface area contributed by atoms with Crippen molar-refractivity contribution in [3.8, 4) is 5.75 Å². The van der Waals surface area contributed by atoms with Crippen LogP contribution in [0.3, 0.4) is 0 Å². The van der Waals surface area contributed by atoms with Crippen LogP contribution in [0.2, 0.25) is 0 Å². The number of halogens is 1. The maximum Gasteiger partial charge on any atom is 0.324 e. The molecule has 0 aromatic heterocycles. The van der Waals surface area contributed by atoms with Crippen molar-refractivity contribution in [2.75, 3.05) is 23.0 Å². The molecule has 0 bridgehead atoms. The second-order valence-corrected chi connectivity index (χ2v) is 12.0. The second-order valence-electron chi connectivity index (χ2n) is 5.96. The predicted octanol–water partition coefficient (Wildman–Crippen LogP) is 3.36. The lowest BCUT2D eigenvalue weighted by Gasteiger charge is -2.17. The van der Waals surface area contributed by atoms with Crippen LogP contribution in [0, 0.1) is 0 Å². The van der Waals surface area contributed by atoms with Crippen molar-refractivity contribution in [3.05, 3.63) is 36.4 Å². The van der Waals surface area contributed by atoms with Gasteiger partial charge in [0, 0.05) is 21.7 Å². The Morgan fingerprint density at radius 3 is 2.44 bits per heavy atom. The first-order valence-electron chi connectivity index (χ1n) is 8.16. The highest BCUT2D eigenvalue weighted by Gasteiger charge is 2.34. The standard InChI is InChI=1S/C18H20IO4S2/c1-2-15(19)18(20)23-16-7-8-17(14-6-4-3-5-13(14)16)24-9-11-25(21,22)12-10-24/h3-8,15H,2,9-12H2,1H3/q+1. The van der Waals surface area contributed by atoms with Crippen molar-refractivity contribution < 1.29 is 17.9 Å². The Labute approximate surface area is 164 Å². The number of ether oxygens (including phenoxy) is 1. The molecule has 1 aliphatic rings. The Balaban J connectivity index is 1.95. The molecule has 1 atom stereocenters. The Bertz CT molecular complexity index is 881. The average Bonchev–Trinajstić information content (AvgIpc) is 2.61. The fourth-order valence-corrected chi connectivity index (χ4v) is 8.17. The molecule has 1 unspecified atom stereocenters. The third-order valence-corrected chi connectivity index (χ3v) is 10.2. The lowest BCUT2D eigenvalue weighted by Crippen LogP contribution is -2.32. The van der Waals surface area contributed by atoms with Crippen LogP contribution < -0.4 is 4.74 Å². The molecule has 0 amide bonds. The largest absolute Gasteiger partial charge is 0.425 e. The van der Waals surface area contributed by atoms with Crippen molar-refractivity contribution in [2.24, 2.45) is 0 Å². The molecule has 0 spiro atoms. The van der Waals surface area contributed by atoms with E-state index in [4.69, 9.17) is 4.74 Å². The van der Waals surface area contributed by atoms with E-state index in [1.807, 2.05) is 43.3 Å². The molecule has 1 saturated heterocycles. The first kappa shape index (κ1) is 19.0. The molecule has 3 rings (SSSR count). The van der Waals surface area contributed by atoms with Gasteiger partial charge in [0.2, 0.25) is 0 Å². The van der Waals surface area contributed by atoms with Crippen molar-refractivity contribution in [3.63, 3.8) is 0 Å². The zero-order chi connectivity index (χ0) is 18.0. The molecular weight excluding hydrogens is 471 g/mol. The molecule has 1 aliphatic heterocycles. The van der Waals surface area contributed by atoms with E-state index in [2.05, 4.69) is 22.6 Å². The molecule has 25 heavy (non-hydrogen) atoms. The first-order valence-corrected chi connectivity index (χ1v) is 12.8. The van der Waals surface area contributed by atoms with Gasteiger partial charge in [0.05, 0.1) is 11.5 Å². The smallest absolute Gasteiger partial charge is 0.324 e. The van der Waals surface area contributed by atoms with Crippen molar-refractivity contribution >= 4 is 60.1 Å². The Morgan fingerprint density at radius 2 is 1.80 bits per heavy atom.